The summed E-state index contributed by atoms with van der Waals surface area (Å²) in [5.74, 6) is 0.0761. The van der Waals surface area contributed by atoms with Crippen LogP contribution >= 0.6 is 0 Å². The van der Waals surface area contributed by atoms with Gasteiger partial charge in [0.1, 0.15) is 6.61 Å². The molecule has 1 heterocycles. The van der Waals surface area contributed by atoms with Crippen molar-refractivity contribution in [2.45, 2.75) is 13.8 Å². The second-order valence-corrected chi connectivity index (χ2v) is 2.71. The SMILES string of the molecule is CCOCC(=O)Nc1nccc(C)n1. The highest BCUT2D eigenvalue weighted by Gasteiger charge is 2.03. The van der Waals surface area contributed by atoms with Crippen LogP contribution in [0.5, 0.6) is 0 Å². The van der Waals surface area contributed by atoms with Gasteiger partial charge in [-0.15, -0.1) is 0 Å². The zero-order chi connectivity index (χ0) is 10.4. The molecule has 0 aromatic carbocycles. The summed E-state index contributed by atoms with van der Waals surface area (Å²) < 4.78 is 4.93. The van der Waals surface area contributed by atoms with Crippen molar-refractivity contribution in [2.24, 2.45) is 0 Å². The fourth-order valence-corrected chi connectivity index (χ4v) is 0.865. The summed E-state index contributed by atoms with van der Waals surface area (Å²) in [6.07, 6.45) is 1.60. The van der Waals surface area contributed by atoms with Crippen molar-refractivity contribution in [3.63, 3.8) is 0 Å². The van der Waals surface area contributed by atoms with Gasteiger partial charge in [0, 0.05) is 18.5 Å². The number of hydrogen-bond acceptors (Lipinski definition) is 4. The van der Waals surface area contributed by atoms with E-state index in [2.05, 4.69) is 15.3 Å². The highest BCUT2D eigenvalue weighted by molar-refractivity contribution is 5.89. The third-order valence-corrected chi connectivity index (χ3v) is 1.48. The van der Waals surface area contributed by atoms with Crippen LogP contribution in [0.25, 0.3) is 0 Å². The van der Waals surface area contributed by atoms with E-state index in [9.17, 15) is 4.79 Å². The molecule has 0 unspecified atom stereocenters. The summed E-state index contributed by atoms with van der Waals surface area (Å²) in [7, 11) is 0. The summed E-state index contributed by atoms with van der Waals surface area (Å²) in [6, 6.07) is 1.76. The Morgan fingerprint density at radius 2 is 2.43 bits per heavy atom. The van der Waals surface area contributed by atoms with E-state index in [-0.39, 0.29) is 12.5 Å². The number of aromatic nitrogens is 2. The molecule has 0 spiro atoms. The molecule has 1 amide bonds. The van der Waals surface area contributed by atoms with Crippen LogP contribution in [0.2, 0.25) is 0 Å². The van der Waals surface area contributed by atoms with Gasteiger partial charge in [-0.2, -0.15) is 0 Å². The lowest BCUT2D eigenvalue weighted by Crippen LogP contribution is -2.19. The van der Waals surface area contributed by atoms with Crippen molar-refractivity contribution in [3.8, 4) is 0 Å². The number of nitrogens with zero attached hydrogens (tertiary/aromatic N) is 2. The highest BCUT2D eigenvalue weighted by atomic mass is 16.5. The number of hydrogen-bond donors (Lipinski definition) is 1. The Morgan fingerprint density at radius 3 is 3.07 bits per heavy atom. The Hall–Kier alpha value is -1.49. The molecule has 0 bridgehead atoms. The molecule has 1 rings (SSSR count). The minimum atomic E-state index is -0.238. The molecule has 14 heavy (non-hydrogen) atoms. The molecule has 5 nitrogen and oxygen atoms in total. The first-order valence-electron chi connectivity index (χ1n) is 4.39. The van der Waals surface area contributed by atoms with E-state index in [0.29, 0.717) is 12.6 Å². The molecule has 0 atom stereocenters. The molecule has 0 radical (unpaired) electrons. The Morgan fingerprint density at radius 1 is 1.64 bits per heavy atom. The molecule has 0 fully saturated rings. The average molecular weight is 195 g/mol. The number of amides is 1. The summed E-state index contributed by atoms with van der Waals surface area (Å²) in [5.41, 5.74) is 0.812. The predicted octanol–water partition coefficient (Wildman–Crippen LogP) is 0.760. The molecule has 76 valence electrons. The van der Waals surface area contributed by atoms with Gasteiger partial charge in [0.05, 0.1) is 0 Å². The fraction of sp³-hybridized carbons (Fsp3) is 0.444. The van der Waals surface area contributed by atoms with E-state index in [4.69, 9.17) is 4.74 Å². The molecular formula is C9H13N3O2. The first kappa shape index (κ1) is 10.6. The summed E-state index contributed by atoms with van der Waals surface area (Å²) in [4.78, 5) is 19.1. The lowest BCUT2D eigenvalue weighted by molar-refractivity contribution is -0.120. The highest BCUT2D eigenvalue weighted by Crippen LogP contribution is 1.98. The molecule has 1 aromatic rings. The second kappa shape index (κ2) is 5.29. The standard InChI is InChI=1S/C9H13N3O2/c1-3-14-6-8(13)12-9-10-5-4-7(2)11-9/h4-5H,3,6H2,1-2H3,(H,10,11,12,13). The van der Waals surface area contributed by atoms with Crippen LogP contribution in [-0.4, -0.2) is 29.1 Å². The van der Waals surface area contributed by atoms with Crippen molar-refractivity contribution in [1.29, 1.82) is 0 Å². The van der Waals surface area contributed by atoms with Crippen molar-refractivity contribution in [1.82, 2.24) is 9.97 Å². The van der Waals surface area contributed by atoms with Crippen molar-refractivity contribution < 1.29 is 9.53 Å². The number of rotatable bonds is 4. The Bertz CT molecular complexity index is 315. The van der Waals surface area contributed by atoms with Crippen LogP contribution in [0.1, 0.15) is 12.6 Å². The van der Waals surface area contributed by atoms with Gasteiger partial charge >= 0.3 is 0 Å². The van der Waals surface area contributed by atoms with Gasteiger partial charge in [0.15, 0.2) is 0 Å². The molecular weight excluding hydrogens is 182 g/mol. The Labute approximate surface area is 82.5 Å². The number of aryl methyl sites for hydroxylation is 1. The van der Waals surface area contributed by atoms with Gasteiger partial charge in [0.25, 0.3) is 5.91 Å². The van der Waals surface area contributed by atoms with Crippen molar-refractivity contribution in [3.05, 3.63) is 18.0 Å². The van der Waals surface area contributed by atoms with Crippen LogP contribution in [0.4, 0.5) is 5.95 Å². The molecule has 5 heteroatoms. The first-order valence-corrected chi connectivity index (χ1v) is 4.39. The summed E-state index contributed by atoms with van der Waals surface area (Å²) in [5, 5.41) is 2.53. The van der Waals surface area contributed by atoms with Gasteiger partial charge in [-0.05, 0) is 19.9 Å². The summed E-state index contributed by atoms with van der Waals surface area (Å²) >= 11 is 0. The molecule has 0 saturated heterocycles. The van der Waals surface area contributed by atoms with Crippen LogP contribution in [0.15, 0.2) is 12.3 Å². The topological polar surface area (TPSA) is 64.1 Å². The quantitative estimate of drug-likeness (QED) is 0.770. The van der Waals surface area contributed by atoms with E-state index in [1.807, 2.05) is 13.8 Å². The average Bonchev–Trinajstić information content (AvgIpc) is 2.15. The Kier molecular flexibility index (Phi) is 4.00. The molecule has 0 saturated carbocycles. The zero-order valence-corrected chi connectivity index (χ0v) is 8.28. The minimum Gasteiger partial charge on any atom is -0.372 e. The van der Waals surface area contributed by atoms with Gasteiger partial charge in [-0.3, -0.25) is 10.1 Å². The maximum atomic E-state index is 11.2. The van der Waals surface area contributed by atoms with Gasteiger partial charge in [-0.25, -0.2) is 9.97 Å². The van der Waals surface area contributed by atoms with E-state index in [1.165, 1.54) is 0 Å². The van der Waals surface area contributed by atoms with E-state index in [1.54, 1.807) is 12.3 Å². The van der Waals surface area contributed by atoms with Gasteiger partial charge in [-0.1, -0.05) is 0 Å². The zero-order valence-electron chi connectivity index (χ0n) is 8.28. The second-order valence-electron chi connectivity index (χ2n) is 2.71. The van der Waals surface area contributed by atoms with Crippen molar-refractivity contribution >= 4 is 11.9 Å². The maximum absolute atomic E-state index is 11.2. The largest absolute Gasteiger partial charge is 0.372 e. The number of nitrogens with one attached hydrogen (secondary N) is 1. The van der Waals surface area contributed by atoms with E-state index in [0.717, 1.165) is 5.69 Å². The third-order valence-electron chi connectivity index (χ3n) is 1.48. The monoisotopic (exact) mass is 195 g/mol. The van der Waals surface area contributed by atoms with Crippen molar-refractivity contribution in [2.75, 3.05) is 18.5 Å². The summed E-state index contributed by atoms with van der Waals surface area (Å²) in [6.45, 7) is 4.21. The number of carbonyl (C=O) groups is 1. The third kappa shape index (κ3) is 3.49. The first-order chi connectivity index (χ1) is 6.72. The van der Waals surface area contributed by atoms with E-state index >= 15 is 0 Å². The maximum Gasteiger partial charge on any atom is 0.252 e. The lowest BCUT2D eigenvalue weighted by Gasteiger charge is -2.03. The number of ether oxygens (including phenoxy) is 1. The number of anilines is 1. The van der Waals surface area contributed by atoms with Crippen LogP contribution in [0.3, 0.4) is 0 Å². The fourth-order valence-electron chi connectivity index (χ4n) is 0.865. The molecule has 1 aromatic heterocycles. The smallest absolute Gasteiger partial charge is 0.252 e. The molecule has 0 aliphatic heterocycles. The minimum absolute atomic E-state index is 0.0355. The Balaban J connectivity index is 2.47. The van der Waals surface area contributed by atoms with Crippen LogP contribution < -0.4 is 5.32 Å². The number of carbonyl (C=O) groups excluding carboxylic acids is 1. The van der Waals surface area contributed by atoms with E-state index < -0.39 is 0 Å². The van der Waals surface area contributed by atoms with Gasteiger partial charge < -0.3 is 4.74 Å². The van der Waals surface area contributed by atoms with Gasteiger partial charge in [0.2, 0.25) is 5.95 Å². The predicted molar refractivity (Wildman–Crippen MR) is 51.9 cm³/mol. The normalized spacial score (nSPS) is 9.86. The van der Waals surface area contributed by atoms with Crippen LogP contribution in [0, 0.1) is 6.92 Å². The molecule has 0 aliphatic carbocycles. The van der Waals surface area contributed by atoms with Crippen LogP contribution in [-0.2, 0) is 9.53 Å². The molecule has 0 aliphatic rings. The lowest BCUT2D eigenvalue weighted by atomic mass is 10.5. The molecule has 1 N–H and O–H groups in total.